The number of carbonyl (C=O) groups is 1. The molecule has 0 bridgehead atoms. The Balaban J connectivity index is 1.82. The fourth-order valence-electron chi connectivity index (χ4n) is 5.38. The minimum absolute atomic E-state index is 0.0270. The molecule has 12 heteroatoms. The maximum atomic E-state index is 12.6. The van der Waals surface area contributed by atoms with Gasteiger partial charge < -0.3 is 55.1 Å². The lowest BCUT2D eigenvalue weighted by Gasteiger charge is -2.46. The molecule has 2 rings (SSSR count). The van der Waals surface area contributed by atoms with Gasteiger partial charge >= 0.3 is 5.97 Å². The predicted octanol–water partition coefficient (Wildman–Crippen LogP) is -0.122. The van der Waals surface area contributed by atoms with Gasteiger partial charge in [-0.15, -0.1) is 0 Å². The highest BCUT2D eigenvalue weighted by Crippen LogP contribution is 2.31. The van der Waals surface area contributed by atoms with Crippen molar-refractivity contribution >= 4 is 5.97 Å². The molecule has 1 saturated carbocycles. The molecule has 1 aliphatic heterocycles. The molecule has 0 aromatic heterocycles. The first-order valence-corrected chi connectivity index (χ1v) is 14.9. The topological polar surface area (TPSA) is 207 Å². The molecule has 1 heterocycles. The van der Waals surface area contributed by atoms with Gasteiger partial charge in [0.25, 0.3) is 0 Å². The molecule has 2 aliphatic rings. The molecule has 236 valence electrons. The fourth-order valence-corrected chi connectivity index (χ4v) is 5.38. The van der Waals surface area contributed by atoms with E-state index in [1.807, 2.05) is 0 Å². The molecule has 0 amide bonds. The van der Waals surface area contributed by atoms with E-state index < -0.39 is 79.9 Å². The van der Waals surface area contributed by atoms with Gasteiger partial charge in [-0.2, -0.15) is 0 Å². The van der Waals surface area contributed by atoms with E-state index >= 15 is 0 Å². The Bertz CT molecular complexity index is 709. The Kier molecular flexibility index (Phi) is 15.8. The number of esters is 1. The SMILES string of the molecule is CCCCCC(C)CCCCCCCCC(=O)O[C@@H]1[C@H](O)[C@@H](O)[C@H](O)[C@@H](O)[C@@H]1O[C@@H]1O[C@H](CO)[C@@H](O)[C@H](O)[C@H]1O. The van der Waals surface area contributed by atoms with Crippen molar-refractivity contribution in [2.45, 2.75) is 158 Å². The van der Waals surface area contributed by atoms with Gasteiger partial charge in [-0.3, -0.25) is 4.79 Å². The first-order chi connectivity index (χ1) is 19.0. The summed E-state index contributed by atoms with van der Waals surface area (Å²) in [4.78, 5) is 12.6. The minimum Gasteiger partial charge on any atom is -0.457 e. The van der Waals surface area contributed by atoms with E-state index in [0.29, 0.717) is 6.42 Å². The molecule has 0 radical (unpaired) electrons. The number of aliphatic hydroxyl groups is 8. The zero-order valence-electron chi connectivity index (χ0n) is 23.8. The van der Waals surface area contributed by atoms with Crippen LogP contribution in [0.4, 0.5) is 0 Å². The van der Waals surface area contributed by atoms with Gasteiger partial charge in [-0.05, 0) is 12.3 Å². The molecule has 2 fully saturated rings. The van der Waals surface area contributed by atoms with Crippen LogP contribution in [0.2, 0.25) is 0 Å². The lowest BCUT2D eigenvalue weighted by molar-refractivity contribution is -0.340. The smallest absolute Gasteiger partial charge is 0.306 e. The molecule has 0 spiro atoms. The third-order valence-corrected chi connectivity index (χ3v) is 8.08. The first-order valence-electron chi connectivity index (χ1n) is 14.9. The van der Waals surface area contributed by atoms with Crippen LogP contribution in [0.15, 0.2) is 0 Å². The maximum Gasteiger partial charge on any atom is 0.306 e. The van der Waals surface area contributed by atoms with E-state index in [4.69, 9.17) is 14.2 Å². The maximum absolute atomic E-state index is 12.6. The van der Waals surface area contributed by atoms with Crippen LogP contribution in [-0.4, -0.2) is 121 Å². The zero-order valence-corrected chi connectivity index (χ0v) is 23.8. The van der Waals surface area contributed by atoms with Crippen LogP contribution in [-0.2, 0) is 19.0 Å². The normalized spacial score (nSPS) is 37.3. The number of ether oxygens (including phenoxy) is 3. The highest BCUT2D eigenvalue weighted by molar-refractivity contribution is 5.69. The Morgan fingerprint density at radius 3 is 1.82 bits per heavy atom. The first kappa shape index (κ1) is 35.3. The van der Waals surface area contributed by atoms with Gasteiger partial charge in [-0.25, -0.2) is 0 Å². The van der Waals surface area contributed by atoms with Crippen LogP contribution in [0.5, 0.6) is 0 Å². The van der Waals surface area contributed by atoms with Crippen molar-refractivity contribution in [1.29, 1.82) is 0 Å². The molecule has 8 N–H and O–H groups in total. The Morgan fingerprint density at radius 2 is 1.23 bits per heavy atom. The van der Waals surface area contributed by atoms with Crippen molar-refractivity contribution < 1.29 is 59.9 Å². The van der Waals surface area contributed by atoms with Crippen molar-refractivity contribution in [3.63, 3.8) is 0 Å². The summed E-state index contributed by atoms with van der Waals surface area (Å²) in [5.74, 6) is 0.0475. The predicted molar refractivity (Wildman–Crippen MR) is 143 cm³/mol. The summed E-state index contributed by atoms with van der Waals surface area (Å²) in [5, 5.41) is 81.0. The van der Waals surface area contributed by atoms with E-state index in [1.54, 1.807) is 0 Å². The molecule has 1 aliphatic carbocycles. The van der Waals surface area contributed by atoms with Crippen LogP contribution in [0.25, 0.3) is 0 Å². The van der Waals surface area contributed by atoms with E-state index in [-0.39, 0.29) is 6.42 Å². The van der Waals surface area contributed by atoms with Crippen molar-refractivity contribution in [2.24, 2.45) is 5.92 Å². The van der Waals surface area contributed by atoms with Crippen molar-refractivity contribution in [3.8, 4) is 0 Å². The second-order valence-electron chi connectivity index (χ2n) is 11.5. The van der Waals surface area contributed by atoms with Crippen molar-refractivity contribution in [2.75, 3.05) is 6.61 Å². The molecular formula is C28H52O12. The summed E-state index contributed by atoms with van der Waals surface area (Å²) >= 11 is 0. The van der Waals surface area contributed by atoms with Gasteiger partial charge in [0, 0.05) is 6.42 Å². The van der Waals surface area contributed by atoms with E-state index in [2.05, 4.69) is 13.8 Å². The Morgan fingerprint density at radius 1 is 0.700 bits per heavy atom. The molecular weight excluding hydrogens is 528 g/mol. The van der Waals surface area contributed by atoms with Crippen molar-refractivity contribution in [1.82, 2.24) is 0 Å². The summed E-state index contributed by atoms with van der Waals surface area (Å²) in [7, 11) is 0. The largest absolute Gasteiger partial charge is 0.457 e. The van der Waals surface area contributed by atoms with E-state index in [0.717, 1.165) is 31.6 Å². The van der Waals surface area contributed by atoms with Crippen LogP contribution in [0.1, 0.15) is 90.9 Å². The standard InChI is InChI=1S/C28H52O12/c1-3-4-9-12-16(2)13-10-7-5-6-8-11-14-18(30)39-26-23(35)21(33)22(34)24(36)27(26)40-28-25(37)20(32)19(31)17(15-29)38-28/h16-17,19-29,31-37H,3-15H2,1-2H3/t16?,17-,19-,20+,21+,22+,23-,24-,25-,26-,27+,28+/m1/s1. The van der Waals surface area contributed by atoms with Gasteiger partial charge in [0.2, 0.25) is 0 Å². The number of unbranched alkanes of at least 4 members (excludes halogenated alkanes) is 7. The second kappa shape index (κ2) is 17.9. The third-order valence-electron chi connectivity index (χ3n) is 8.08. The fraction of sp³-hybridized carbons (Fsp3) is 0.964. The van der Waals surface area contributed by atoms with Gasteiger partial charge in [-0.1, -0.05) is 78.1 Å². The molecule has 40 heavy (non-hydrogen) atoms. The monoisotopic (exact) mass is 580 g/mol. The molecule has 0 aromatic rings. The van der Waals surface area contributed by atoms with E-state index in [9.17, 15) is 45.6 Å². The molecule has 1 saturated heterocycles. The summed E-state index contributed by atoms with van der Waals surface area (Å²) in [6.07, 6.45) is -6.88. The number of hydrogen-bond acceptors (Lipinski definition) is 12. The van der Waals surface area contributed by atoms with E-state index in [1.165, 1.54) is 38.5 Å². The lowest BCUT2D eigenvalue weighted by Crippen LogP contribution is -2.67. The molecule has 1 unspecified atom stereocenters. The summed E-state index contributed by atoms with van der Waals surface area (Å²) in [6, 6.07) is 0. The van der Waals surface area contributed by atoms with Gasteiger partial charge in [0.05, 0.1) is 6.61 Å². The Hall–Kier alpha value is -0.930. The number of rotatable bonds is 17. The van der Waals surface area contributed by atoms with Crippen molar-refractivity contribution in [3.05, 3.63) is 0 Å². The highest BCUT2D eigenvalue weighted by atomic mass is 16.7. The minimum atomic E-state index is -1.88. The quantitative estimate of drug-likeness (QED) is 0.0837. The van der Waals surface area contributed by atoms with Crippen LogP contribution < -0.4 is 0 Å². The van der Waals surface area contributed by atoms with Crippen LogP contribution in [0.3, 0.4) is 0 Å². The van der Waals surface area contributed by atoms with Crippen LogP contribution >= 0.6 is 0 Å². The Labute approximate surface area is 236 Å². The number of hydrogen-bond donors (Lipinski definition) is 8. The number of carbonyl (C=O) groups excluding carboxylic acids is 1. The second-order valence-corrected chi connectivity index (χ2v) is 11.5. The summed E-state index contributed by atoms with van der Waals surface area (Å²) < 4.78 is 16.2. The van der Waals surface area contributed by atoms with Gasteiger partial charge in [0.1, 0.15) is 54.9 Å². The lowest BCUT2D eigenvalue weighted by atomic mass is 9.84. The van der Waals surface area contributed by atoms with Crippen LogP contribution in [0, 0.1) is 5.92 Å². The number of aliphatic hydroxyl groups excluding tert-OH is 8. The third kappa shape index (κ3) is 10.1. The average molecular weight is 581 g/mol. The molecule has 12 atom stereocenters. The molecule has 12 nitrogen and oxygen atoms in total. The summed E-state index contributed by atoms with van der Waals surface area (Å²) in [5.41, 5.74) is 0. The summed E-state index contributed by atoms with van der Waals surface area (Å²) in [6.45, 7) is 3.80. The zero-order chi connectivity index (χ0) is 29.8. The average Bonchev–Trinajstić information content (AvgIpc) is 2.94. The highest BCUT2D eigenvalue weighted by Gasteiger charge is 2.54. The molecule has 0 aromatic carbocycles. The van der Waals surface area contributed by atoms with Gasteiger partial charge in [0.15, 0.2) is 12.4 Å².